The lowest BCUT2D eigenvalue weighted by atomic mass is 10.2. The highest BCUT2D eigenvalue weighted by atomic mass is 32.2. The molecule has 0 radical (unpaired) electrons. The van der Waals surface area contributed by atoms with Gasteiger partial charge in [0.25, 0.3) is 5.91 Å². The molecule has 2 rings (SSSR count). The molecule has 0 aromatic heterocycles. The Labute approximate surface area is 119 Å². The molecule has 0 unspecified atom stereocenters. The van der Waals surface area contributed by atoms with Crippen LogP contribution in [0.15, 0.2) is 46.2 Å². The summed E-state index contributed by atoms with van der Waals surface area (Å²) in [4.78, 5) is 12.3. The van der Waals surface area contributed by atoms with Crippen LogP contribution in [-0.2, 0) is 0 Å². The van der Waals surface area contributed by atoms with Crippen LogP contribution >= 0.6 is 11.8 Å². The molecule has 6 heteroatoms. The molecule has 0 heterocycles. The van der Waals surface area contributed by atoms with Crippen molar-refractivity contribution in [1.82, 2.24) is 5.32 Å². The molecule has 0 saturated heterocycles. The lowest BCUT2D eigenvalue weighted by Gasteiger charge is -2.10. The molecule has 0 bridgehead atoms. The molecular formula is C14H12F2N2OS. The van der Waals surface area contributed by atoms with Gasteiger partial charge in [0.1, 0.15) is 11.6 Å². The number of nitrogens with one attached hydrogen (secondary N) is 1. The normalized spacial score (nSPS) is 10.3. The predicted molar refractivity (Wildman–Crippen MR) is 74.7 cm³/mol. The molecule has 0 aliphatic heterocycles. The maximum atomic E-state index is 13.7. The maximum Gasteiger partial charge on any atom is 0.252 e. The van der Waals surface area contributed by atoms with Crippen molar-refractivity contribution in [3.05, 3.63) is 53.6 Å². The number of hydrogen-bond acceptors (Lipinski definition) is 3. The molecule has 1 amide bonds. The van der Waals surface area contributed by atoms with Gasteiger partial charge in [-0.25, -0.2) is 8.78 Å². The molecule has 104 valence electrons. The standard InChI is InChI=1S/C14H12F2N2OS/c1-18-14(19)10-4-3-9(17)7-12(10)20-13-6-8(15)2-5-11(13)16/h2-7H,17H2,1H3,(H,18,19). The lowest BCUT2D eigenvalue weighted by Crippen LogP contribution is -2.18. The summed E-state index contributed by atoms with van der Waals surface area (Å²) in [6.45, 7) is 0. The van der Waals surface area contributed by atoms with E-state index in [0.29, 0.717) is 16.1 Å². The first-order valence-electron chi connectivity index (χ1n) is 5.76. The minimum absolute atomic E-state index is 0.0979. The van der Waals surface area contributed by atoms with E-state index in [9.17, 15) is 13.6 Å². The molecule has 0 fully saturated rings. The van der Waals surface area contributed by atoms with Crippen LogP contribution in [-0.4, -0.2) is 13.0 Å². The number of carbonyl (C=O) groups excluding carboxylic acids is 1. The second kappa shape index (κ2) is 5.92. The molecule has 0 spiro atoms. The van der Waals surface area contributed by atoms with Crippen LogP contribution in [0.3, 0.4) is 0 Å². The second-order valence-electron chi connectivity index (χ2n) is 4.01. The van der Waals surface area contributed by atoms with Gasteiger partial charge in [-0.05, 0) is 36.4 Å². The SMILES string of the molecule is CNC(=O)c1ccc(N)cc1Sc1cc(F)ccc1F. The highest BCUT2D eigenvalue weighted by Crippen LogP contribution is 2.34. The summed E-state index contributed by atoms with van der Waals surface area (Å²) in [5.41, 5.74) is 6.48. The number of anilines is 1. The van der Waals surface area contributed by atoms with Gasteiger partial charge in [-0.2, -0.15) is 0 Å². The van der Waals surface area contributed by atoms with E-state index in [4.69, 9.17) is 5.73 Å². The van der Waals surface area contributed by atoms with Crippen molar-refractivity contribution in [2.75, 3.05) is 12.8 Å². The highest BCUT2D eigenvalue weighted by Gasteiger charge is 2.14. The molecule has 2 aromatic carbocycles. The minimum Gasteiger partial charge on any atom is -0.399 e. The van der Waals surface area contributed by atoms with E-state index < -0.39 is 11.6 Å². The molecule has 0 saturated carbocycles. The van der Waals surface area contributed by atoms with Gasteiger partial charge in [0, 0.05) is 17.6 Å². The van der Waals surface area contributed by atoms with Gasteiger partial charge in [-0.1, -0.05) is 11.8 Å². The van der Waals surface area contributed by atoms with Crippen LogP contribution in [0.2, 0.25) is 0 Å². The van der Waals surface area contributed by atoms with Crippen LogP contribution < -0.4 is 11.1 Å². The fourth-order valence-electron chi connectivity index (χ4n) is 1.62. The largest absolute Gasteiger partial charge is 0.399 e. The number of amides is 1. The van der Waals surface area contributed by atoms with Crippen LogP contribution in [0.25, 0.3) is 0 Å². The summed E-state index contributed by atoms with van der Waals surface area (Å²) < 4.78 is 26.8. The topological polar surface area (TPSA) is 55.1 Å². The third kappa shape index (κ3) is 3.08. The Balaban J connectivity index is 2.44. The fraction of sp³-hybridized carbons (Fsp3) is 0.0714. The van der Waals surface area contributed by atoms with E-state index in [2.05, 4.69) is 5.32 Å². The number of benzene rings is 2. The van der Waals surface area contributed by atoms with Crippen molar-refractivity contribution < 1.29 is 13.6 Å². The molecule has 0 aliphatic rings. The van der Waals surface area contributed by atoms with E-state index in [1.54, 1.807) is 18.2 Å². The number of nitrogen functional groups attached to an aromatic ring is 1. The van der Waals surface area contributed by atoms with Crippen LogP contribution in [0, 0.1) is 11.6 Å². The van der Waals surface area contributed by atoms with Crippen molar-refractivity contribution in [2.45, 2.75) is 9.79 Å². The van der Waals surface area contributed by atoms with E-state index in [1.165, 1.54) is 7.05 Å². The van der Waals surface area contributed by atoms with Gasteiger partial charge in [-0.15, -0.1) is 0 Å². The zero-order valence-electron chi connectivity index (χ0n) is 10.6. The smallest absolute Gasteiger partial charge is 0.252 e. The van der Waals surface area contributed by atoms with E-state index in [-0.39, 0.29) is 10.8 Å². The maximum absolute atomic E-state index is 13.7. The summed E-state index contributed by atoms with van der Waals surface area (Å²) in [5, 5.41) is 2.49. The number of halogens is 2. The van der Waals surface area contributed by atoms with Gasteiger partial charge in [0.05, 0.1) is 10.5 Å². The number of nitrogens with two attached hydrogens (primary N) is 1. The number of carbonyl (C=O) groups is 1. The molecule has 20 heavy (non-hydrogen) atoms. The first-order valence-corrected chi connectivity index (χ1v) is 6.57. The van der Waals surface area contributed by atoms with Crippen molar-refractivity contribution in [3.8, 4) is 0 Å². The Kier molecular flexibility index (Phi) is 4.24. The molecular weight excluding hydrogens is 282 g/mol. The molecule has 3 nitrogen and oxygen atoms in total. The van der Waals surface area contributed by atoms with Gasteiger partial charge >= 0.3 is 0 Å². The molecule has 3 N–H and O–H groups in total. The van der Waals surface area contributed by atoms with Gasteiger partial charge < -0.3 is 11.1 Å². The van der Waals surface area contributed by atoms with Crippen LogP contribution in [0.1, 0.15) is 10.4 Å². The highest BCUT2D eigenvalue weighted by molar-refractivity contribution is 7.99. The first kappa shape index (κ1) is 14.3. The molecule has 2 aromatic rings. The Hall–Kier alpha value is -2.08. The van der Waals surface area contributed by atoms with Gasteiger partial charge in [-0.3, -0.25) is 4.79 Å². The number of rotatable bonds is 3. The predicted octanol–water partition coefficient (Wildman–Crippen LogP) is 3.06. The number of hydrogen-bond donors (Lipinski definition) is 2. The van der Waals surface area contributed by atoms with Crippen molar-refractivity contribution in [2.24, 2.45) is 0 Å². The van der Waals surface area contributed by atoms with E-state index >= 15 is 0 Å². The Morgan fingerprint density at radius 2 is 1.90 bits per heavy atom. The average Bonchev–Trinajstić information content (AvgIpc) is 2.42. The minimum atomic E-state index is -0.554. The first-order chi connectivity index (χ1) is 9.51. The summed E-state index contributed by atoms with van der Waals surface area (Å²) in [6, 6.07) is 7.85. The Bertz CT molecular complexity index is 662. The summed E-state index contributed by atoms with van der Waals surface area (Å²) in [5.74, 6) is -1.41. The third-order valence-corrected chi connectivity index (χ3v) is 3.68. The zero-order chi connectivity index (χ0) is 14.7. The summed E-state index contributed by atoms with van der Waals surface area (Å²) in [7, 11) is 1.50. The quantitative estimate of drug-likeness (QED) is 0.855. The molecule has 0 atom stereocenters. The monoisotopic (exact) mass is 294 g/mol. The molecule has 0 aliphatic carbocycles. The van der Waals surface area contributed by atoms with Crippen molar-refractivity contribution in [1.29, 1.82) is 0 Å². The fourth-order valence-corrected chi connectivity index (χ4v) is 2.66. The third-order valence-electron chi connectivity index (χ3n) is 2.59. The van der Waals surface area contributed by atoms with Gasteiger partial charge in [0.2, 0.25) is 0 Å². The van der Waals surface area contributed by atoms with E-state index in [1.807, 2.05) is 0 Å². The lowest BCUT2D eigenvalue weighted by molar-refractivity contribution is 0.0960. The van der Waals surface area contributed by atoms with Crippen LogP contribution in [0.4, 0.5) is 14.5 Å². The Morgan fingerprint density at radius 1 is 1.15 bits per heavy atom. The Morgan fingerprint density at radius 3 is 2.60 bits per heavy atom. The second-order valence-corrected chi connectivity index (χ2v) is 5.10. The van der Waals surface area contributed by atoms with Gasteiger partial charge in [0.15, 0.2) is 0 Å². The van der Waals surface area contributed by atoms with Crippen molar-refractivity contribution >= 4 is 23.4 Å². The summed E-state index contributed by atoms with van der Waals surface area (Å²) in [6.07, 6.45) is 0. The zero-order valence-corrected chi connectivity index (χ0v) is 11.4. The average molecular weight is 294 g/mol. The van der Waals surface area contributed by atoms with Crippen LogP contribution in [0.5, 0.6) is 0 Å². The van der Waals surface area contributed by atoms with E-state index in [0.717, 1.165) is 30.0 Å². The van der Waals surface area contributed by atoms with Crippen molar-refractivity contribution in [3.63, 3.8) is 0 Å². The summed E-state index contributed by atoms with van der Waals surface area (Å²) >= 11 is 0.957.